The molecule has 0 bridgehead atoms. The smallest absolute Gasteiger partial charge is 0.273 e. The normalized spacial score (nSPS) is 13.8. The van der Waals surface area contributed by atoms with Crippen molar-refractivity contribution in [2.24, 2.45) is 5.73 Å². The van der Waals surface area contributed by atoms with Gasteiger partial charge >= 0.3 is 0 Å². The lowest BCUT2D eigenvalue weighted by Gasteiger charge is -2.14. The molecule has 0 radical (unpaired) electrons. The van der Waals surface area contributed by atoms with Crippen molar-refractivity contribution in [3.05, 3.63) is 42.2 Å². The minimum absolute atomic E-state index is 0.175. The van der Waals surface area contributed by atoms with E-state index in [2.05, 4.69) is 15.5 Å². The monoisotopic (exact) mass is 275 g/mol. The van der Waals surface area contributed by atoms with Crippen LogP contribution in [0.4, 0.5) is 0 Å². The largest absolute Gasteiger partial charge is 0.392 e. The summed E-state index contributed by atoms with van der Waals surface area (Å²) in [6.45, 7) is 1.75. The highest BCUT2D eigenvalue weighted by Crippen LogP contribution is 2.04. The number of aliphatic hydroxyl groups is 1. The van der Waals surface area contributed by atoms with Crippen molar-refractivity contribution in [3.63, 3.8) is 0 Å². The molecule has 0 spiro atoms. The van der Waals surface area contributed by atoms with Gasteiger partial charge in [-0.1, -0.05) is 18.2 Å². The van der Waals surface area contributed by atoms with E-state index in [9.17, 15) is 9.90 Å². The lowest BCUT2D eigenvalue weighted by atomic mass is 10.2. The Morgan fingerprint density at radius 3 is 2.80 bits per heavy atom. The molecule has 0 aliphatic heterocycles. The highest BCUT2D eigenvalue weighted by Gasteiger charge is 2.14. The Morgan fingerprint density at radius 1 is 1.45 bits per heavy atom. The van der Waals surface area contributed by atoms with Crippen molar-refractivity contribution in [1.29, 1.82) is 0 Å². The molecule has 0 saturated carbocycles. The molecule has 1 amide bonds. The molecule has 0 aliphatic carbocycles. The molecule has 7 heteroatoms. The Kier molecular flexibility index (Phi) is 4.44. The highest BCUT2D eigenvalue weighted by atomic mass is 16.3. The summed E-state index contributed by atoms with van der Waals surface area (Å²) in [5.41, 5.74) is 6.60. The van der Waals surface area contributed by atoms with Crippen LogP contribution in [-0.4, -0.2) is 44.7 Å². The maximum atomic E-state index is 11.9. The SMILES string of the molecule is CC(O)C(N)CNC(=O)c1cnn(-c2ccccc2)n1. The molecule has 2 aromatic rings. The highest BCUT2D eigenvalue weighted by molar-refractivity contribution is 5.91. The lowest BCUT2D eigenvalue weighted by molar-refractivity contribution is 0.0932. The Labute approximate surface area is 116 Å². The van der Waals surface area contributed by atoms with E-state index in [1.165, 1.54) is 11.0 Å². The van der Waals surface area contributed by atoms with Gasteiger partial charge in [0.1, 0.15) is 0 Å². The zero-order valence-electron chi connectivity index (χ0n) is 11.1. The quantitative estimate of drug-likeness (QED) is 0.695. The second-order valence-electron chi connectivity index (χ2n) is 4.47. The van der Waals surface area contributed by atoms with E-state index >= 15 is 0 Å². The number of carbonyl (C=O) groups excluding carboxylic acids is 1. The molecule has 2 unspecified atom stereocenters. The summed E-state index contributed by atoms with van der Waals surface area (Å²) < 4.78 is 0. The van der Waals surface area contributed by atoms with Gasteiger partial charge < -0.3 is 16.2 Å². The van der Waals surface area contributed by atoms with Crippen molar-refractivity contribution in [3.8, 4) is 5.69 Å². The summed E-state index contributed by atoms with van der Waals surface area (Å²) in [7, 11) is 0. The maximum absolute atomic E-state index is 11.9. The number of amides is 1. The van der Waals surface area contributed by atoms with Crippen molar-refractivity contribution in [1.82, 2.24) is 20.3 Å². The summed E-state index contributed by atoms with van der Waals surface area (Å²) in [6, 6.07) is 8.78. The van der Waals surface area contributed by atoms with E-state index in [-0.39, 0.29) is 18.1 Å². The standard InChI is InChI=1S/C13H17N5O2/c1-9(19)11(14)7-15-13(20)12-8-16-18(17-12)10-5-3-2-4-6-10/h2-6,8-9,11,19H,7,14H2,1H3,(H,15,20). The number of hydrogen-bond acceptors (Lipinski definition) is 5. The van der Waals surface area contributed by atoms with Gasteiger partial charge in [-0.3, -0.25) is 4.79 Å². The summed E-state index contributed by atoms with van der Waals surface area (Å²) in [6.07, 6.45) is 0.700. The number of nitrogens with two attached hydrogens (primary N) is 1. The molecule has 2 rings (SSSR count). The van der Waals surface area contributed by atoms with Gasteiger partial charge in [-0.05, 0) is 19.1 Å². The molecular weight excluding hydrogens is 258 g/mol. The number of rotatable bonds is 5. The zero-order valence-corrected chi connectivity index (χ0v) is 11.1. The number of benzene rings is 1. The molecule has 1 aromatic carbocycles. The van der Waals surface area contributed by atoms with Crippen molar-refractivity contribution >= 4 is 5.91 Å². The average Bonchev–Trinajstić information content (AvgIpc) is 2.95. The Hall–Kier alpha value is -2.25. The summed E-state index contributed by atoms with van der Waals surface area (Å²) in [5, 5.41) is 20.0. The molecule has 20 heavy (non-hydrogen) atoms. The third-order valence-corrected chi connectivity index (χ3v) is 2.83. The number of aliphatic hydroxyl groups excluding tert-OH is 1. The lowest BCUT2D eigenvalue weighted by Crippen LogP contribution is -2.43. The third-order valence-electron chi connectivity index (χ3n) is 2.83. The molecule has 4 N–H and O–H groups in total. The Morgan fingerprint density at radius 2 is 2.15 bits per heavy atom. The minimum Gasteiger partial charge on any atom is -0.392 e. The van der Waals surface area contributed by atoms with Crippen molar-refractivity contribution < 1.29 is 9.90 Å². The molecule has 0 saturated heterocycles. The molecule has 1 heterocycles. The van der Waals surface area contributed by atoms with E-state index in [0.29, 0.717) is 0 Å². The Balaban J connectivity index is 2.00. The fourth-order valence-electron chi connectivity index (χ4n) is 1.52. The third kappa shape index (κ3) is 3.40. The average molecular weight is 275 g/mol. The van der Waals surface area contributed by atoms with Crippen LogP contribution in [0.1, 0.15) is 17.4 Å². The van der Waals surface area contributed by atoms with Crippen LogP contribution in [0.25, 0.3) is 5.69 Å². The second-order valence-corrected chi connectivity index (χ2v) is 4.47. The van der Waals surface area contributed by atoms with Gasteiger partial charge in [-0.25, -0.2) is 0 Å². The van der Waals surface area contributed by atoms with Crippen LogP contribution in [-0.2, 0) is 0 Å². The first-order valence-electron chi connectivity index (χ1n) is 6.27. The van der Waals surface area contributed by atoms with Gasteiger partial charge in [0.15, 0.2) is 5.69 Å². The summed E-state index contributed by atoms with van der Waals surface area (Å²) in [4.78, 5) is 13.2. The van der Waals surface area contributed by atoms with Gasteiger partial charge in [0.2, 0.25) is 0 Å². The second kappa shape index (κ2) is 6.27. The van der Waals surface area contributed by atoms with Crippen LogP contribution in [0, 0.1) is 0 Å². The number of aromatic nitrogens is 3. The van der Waals surface area contributed by atoms with Gasteiger partial charge in [0, 0.05) is 12.6 Å². The van der Waals surface area contributed by atoms with Crippen LogP contribution in [0.3, 0.4) is 0 Å². The molecule has 1 aromatic heterocycles. The molecule has 0 aliphatic rings. The van der Waals surface area contributed by atoms with Crippen molar-refractivity contribution in [2.45, 2.75) is 19.1 Å². The first-order valence-corrected chi connectivity index (χ1v) is 6.27. The van der Waals surface area contributed by atoms with Crippen LogP contribution in [0.5, 0.6) is 0 Å². The molecular formula is C13H17N5O2. The van der Waals surface area contributed by atoms with E-state index < -0.39 is 12.1 Å². The summed E-state index contributed by atoms with van der Waals surface area (Å²) in [5.74, 6) is -0.372. The number of nitrogens with one attached hydrogen (secondary N) is 1. The van der Waals surface area contributed by atoms with Crippen molar-refractivity contribution in [2.75, 3.05) is 6.54 Å². The topological polar surface area (TPSA) is 106 Å². The zero-order chi connectivity index (χ0) is 14.5. The van der Waals surface area contributed by atoms with E-state index in [0.717, 1.165) is 5.69 Å². The van der Waals surface area contributed by atoms with Gasteiger partial charge in [-0.2, -0.15) is 9.90 Å². The maximum Gasteiger partial charge on any atom is 0.273 e. The first-order chi connectivity index (χ1) is 9.58. The summed E-state index contributed by atoms with van der Waals surface area (Å²) >= 11 is 0. The molecule has 7 nitrogen and oxygen atoms in total. The van der Waals surface area contributed by atoms with Gasteiger partial charge in [0.25, 0.3) is 5.91 Å². The molecule has 2 atom stereocenters. The van der Waals surface area contributed by atoms with E-state index in [1.807, 2.05) is 30.3 Å². The predicted octanol–water partition coefficient (Wildman–Crippen LogP) is -0.295. The van der Waals surface area contributed by atoms with Crippen LogP contribution in [0.15, 0.2) is 36.5 Å². The Bertz CT molecular complexity index is 567. The van der Waals surface area contributed by atoms with Gasteiger partial charge in [-0.15, -0.1) is 5.10 Å². The van der Waals surface area contributed by atoms with Crippen LogP contribution >= 0.6 is 0 Å². The first kappa shape index (κ1) is 14.2. The fraction of sp³-hybridized carbons (Fsp3) is 0.308. The number of carbonyl (C=O) groups is 1. The fourth-order valence-corrected chi connectivity index (χ4v) is 1.52. The predicted molar refractivity (Wildman–Crippen MR) is 73.3 cm³/mol. The molecule has 106 valence electrons. The van der Waals surface area contributed by atoms with E-state index in [4.69, 9.17) is 5.73 Å². The van der Waals surface area contributed by atoms with Crippen LogP contribution < -0.4 is 11.1 Å². The number of nitrogens with zero attached hydrogens (tertiary/aromatic N) is 3. The van der Waals surface area contributed by atoms with Gasteiger partial charge in [0.05, 0.1) is 18.0 Å². The van der Waals surface area contributed by atoms with E-state index in [1.54, 1.807) is 6.92 Å². The number of hydrogen-bond donors (Lipinski definition) is 3. The van der Waals surface area contributed by atoms with Crippen LogP contribution in [0.2, 0.25) is 0 Å². The minimum atomic E-state index is -0.685. The molecule has 0 fully saturated rings. The number of para-hydroxylation sites is 1.